The predicted molar refractivity (Wildman–Crippen MR) is 66.0 cm³/mol. The minimum absolute atomic E-state index is 0.567. The van der Waals surface area contributed by atoms with Crippen molar-refractivity contribution in [2.75, 3.05) is 0 Å². The lowest BCUT2D eigenvalue weighted by molar-refractivity contribution is 0.982. The number of hydrogen-bond donors (Lipinski definition) is 2. The fraction of sp³-hybridized carbons (Fsp3) is 0.308. The van der Waals surface area contributed by atoms with E-state index < -0.39 is 0 Å². The van der Waals surface area contributed by atoms with Gasteiger partial charge in [-0.25, -0.2) is 4.98 Å². The summed E-state index contributed by atoms with van der Waals surface area (Å²) in [6.45, 7) is 4.72. The van der Waals surface area contributed by atoms with E-state index in [1.54, 1.807) is 0 Å². The number of H-pyrrole nitrogens is 1. The number of aromatic nitrogens is 2. The van der Waals surface area contributed by atoms with Crippen LogP contribution < -0.4 is 5.73 Å². The van der Waals surface area contributed by atoms with E-state index in [1.807, 2.05) is 12.1 Å². The summed E-state index contributed by atoms with van der Waals surface area (Å²) in [6.07, 6.45) is 0.928. The number of hydrogen-bond acceptors (Lipinski definition) is 2. The molecule has 3 nitrogen and oxygen atoms in total. The van der Waals surface area contributed by atoms with Crippen LogP contribution in [0.15, 0.2) is 24.3 Å². The normalized spacial score (nSPS) is 10.7. The molecule has 0 bridgehead atoms. The molecule has 0 aliphatic heterocycles. The Labute approximate surface area is 95.7 Å². The quantitative estimate of drug-likeness (QED) is 0.826. The highest BCUT2D eigenvalue weighted by atomic mass is 14.9. The summed E-state index contributed by atoms with van der Waals surface area (Å²) >= 11 is 0. The molecule has 0 aliphatic rings. The van der Waals surface area contributed by atoms with Crippen molar-refractivity contribution >= 4 is 0 Å². The Bertz CT molecular complexity index is 486. The lowest BCUT2D eigenvalue weighted by atomic mass is 10.1. The molecule has 3 N–H and O–H groups in total. The van der Waals surface area contributed by atoms with Crippen molar-refractivity contribution < 1.29 is 0 Å². The summed E-state index contributed by atoms with van der Waals surface area (Å²) in [5.74, 6) is 1.03. The fourth-order valence-corrected chi connectivity index (χ4v) is 1.82. The first-order valence-electron chi connectivity index (χ1n) is 5.59. The Kier molecular flexibility index (Phi) is 3.06. The zero-order valence-electron chi connectivity index (χ0n) is 9.75. The van der Waals surface area contributed by atoms with Crippen LogP contribution >= 0.6 is 0 Å². The van der Waals surface area contributed by atoms with Crippen LogP contribution in [0.3, 0.4) is 0 Å². The van der Waals surface area contributed by atoms with Crippen LogP contribution in [-0.4, -0.2) is 9.97 Å². The van der Waals surface area contributed by atoms with Gasteiger partial charge < -0.3 is 10.7 Å². The van der Waals surface area contributed by atoms with Gasteiger partial charge in [-0.1, -0.05) is 25.1 Å². The largest absolute Gasteiger partial charge is 0.346 e. The molecule has 0 spiro atoms. The molecule has 0 atom stereocenters. The van der Waals surface area contributed by atoms with Crippen LogP contribution in [0.2, 0.25) is 0 Å². The van der Waals surface area contributed by atoms with E-state index in [9.17, 15) is 0 Å². The van der Waals surface area contributed by atoms with Gasteiger partial charge in [-0.3, -0.25) is 0 Å². The molecule has 0 saturated heterocycles. The molecule has 0 saturated carbocycles. The lowest BCUT2D eigenvalue weighted by Gasteiger charge is -2.01. The Morgan fingerprint density at radius 1 is 1.38 bits per heavy atom. The Morgan fingerprint density at radius 3 is 2.81 bits per heavy atom. The maximum absolute atomic E-state index is 5.64. The smallest absolute Gasteiger partial charge is 0.106 e. The number of rotatable bonds is 3. The summed E-state index contributed by atoms with van der Waals surface area (Å²) in [5.41, 5.74) is 10.1. The summed E-state index contributed by atoms with van der Waals surface area (Å²) in [4.78, 5) is 7.87. The molecule has 2 rings (SSSR count). The van der Waals surface area contributed by atoms with Crippen molar-refractivity contribution in [3.05, 3.63) is 41.3 Å². The second-order valence-corrected chi connectivity index (χ2v) is 3.92. The van der Waals surface area contributed by atoms with Crippen LogP contribution in [0.1, 0.15) is 24.0 Å². The number of aryl methyl sites for hydroxylation is 2. The Balaban J connectivity index is 2.45. The van der Waals surface area contributed by atoms with E-state index in [4.69, 9.17) is 5.73 Å². The van der Waals surface area contributed by atoms with Crippen LogP contribution in [0.5, 0.6) is 0 Å². The third kappa shape index (κ3) is 1.99. The molecule has 84 valence electrons. The molecule has 3 heteroatoms. The number of benzene rings is 1. The van der Waals surface area contributed by atoms with Gasteiger partial charge in [0, 0.05) is 24.2 Å². The van der Waals surface area contributed by atoms with Gasteiger partial charge in [-0.2, -0.15) is 0 Å². The average molecular weight is 215 g/mol. The third-order valence-electron chi connectivity index (χ3n) is 2.70. The van der Waals surface area contributed by atoms with E-state index in [2.05, 4.69) is 35.9 Å². The fourth-order valence-electron chi connectivity index (χ4n) is 1.82. The number of aromatic amines is 1. The van der Waals surface area contributed by atoms with Crippen molar-refractivity contribution in [1.82, 2.24) is 9.97 Å². The van der Waals surface area contributed by atoms with Gasteiger partial charge in [0.15, 0.2) is 0 Å². The van der Waals surface area contributed by atoms with Crippen LogP contribution in [0, 0.1) is 6.92 Å². The van der Waals surface area contributed by atoms with E-state index >= 15 is 0 Å². The first-order valence-corrected chi connectivity index (χ1v) is 5.59. The minimum Gasteiger partial charge on any atom is -0.346 e. The number of nitrogens with two attached hydrogens (primary N) is 1. The number of nitrogens with one attached hydrogen (secondary N) is 1. The molecule has 0 unspecified atom stereocenters. The molecular formula is C13H17N3. The molecule has 0 fully saturated rings. The summed E-state index contributed by atoms with van der Waals surface area (Å²) in [6, 6.07) is 8.23. The molecule has 1 aromatic heterocycles. The van der Waals surface area contributed by atoms with E-state index in [0.29, 0.717) is 6.54 Å². The molecule has 0 amide bonds. The first-order chi connectivity index (χ1) is 7.74. The Morgan fingerprint density at radius 2 is 2.19 bits per heavy atom. The molecule has 1 heterocycles. The van der Waals surface area contributed by atoms with Crippen molar-refractivity contribution in [2.24, 2.45) is 5.73 Å². The molecule has 2 aromatic rings. The van der Waals surface area contributed by atoms with Gasteiger partial charge >= 0.3 is 0 Å². The van der Waals surface area contributed by atoms with Gasteiger partial charge in [0.05, 0.1) is 5.69 Å². The minimum atomic E-state index is 0.567. The molecule has 16 heavy (non-hydrogen) atoms. The number of nitrogens with zero attached hydrogens (tertiary/aromatic N) is 1. The highest BCUT2D eigenvalue weighted by molar-refractivity contribution is 5.62. The van der Waals surface area contributed by atoms with E-state index in [1.165, 1.54) is 0 Å². The average Bonchev–Trinajstić information content (AvgIpc) is 2.71. The topological polar surface area (TPSA) is 54.7 Å². The second kappa shape index (κ2) is 4.49. The van der Waals surface area contributed by atoms with Gasteiger partial charge in [0.25, 0.3) is 0 Å². The van der Waals surface area contributed by atoms with E-state index in [0.717, 1.165) is 34.8 Å². The predicted octanol–water partition coefficient (Wildman–Crippen LogP) is 2.41. The van der Waals surface area contributed by atoms with Gasteiger partial charge in [-0.15, -0.1) is 0 Å². The lowest BCUT2D eigenvalue weighted by Crippen LogP contribution is -1.96. The molecule has 1 aromatic carbocycles. The maximum Gasteiger partial charge on any atom is 0.106 e. The van der Waals surface area contributed by atoms with Gasteiger partial charge in [0.2, 0.25) is 0 Å². The Hall–Kier alpha value is -1.61. The molecule has 0 aliphatic carbocycles. The summed E-state index contributed by atoms with van der Waals surface area (Å²) in [7, 11) is 0. The maximum atomic E-state index is 5.64. The van der Waals surface area contributed by atoms with Crippen LogP contribution in [0.4, 0.5) is 0 Å². The number of imidazole rings is 1. The van der Waals surface area contributed by atoms with Crippen molar-refractivity contribution in [1.29, 1.82) is 0 Å². The standard InChI is InChI=1S/C13H17N3/c1-3-12-15-9(2)13(16-12)11-6-4-5-10(7-11)8-14/h4-7H,3,8,14H2,1-2H3,(H,15,16). The summed E-state index contributed by atoms with van der Waals surface area (Å²) in [5, 5.41) is 0. The van der Waals surface area contributed by atoms with Crippen molar-refractivity contribution in [3.8, 4) is 11.3 Å². The highest BCUT2D eigenvalue weighted by Crippen LogP contribution is 2.22. The second-order valence-electron chi connectivity index (χ2n) is 3.92. The van der Waals surface area contributed by atoms with Crippen molar-refractivity contribution in [3.63, 3.8) is 0 Å². The zero-order chi connectivity index (χ0) is 11.5. The van der Waals surface area contributed by atoms with Crippen LogP contribution in [-0.2, 0) is 13.0 Å². The van der Waals surface area contributed by atoms with Gasteiger partial charge in [-0.05, 0) is 18.6 Å². The van der Waals surface area contributed by atoms with Gasteiger partial charge in [0.1, 0.15) is 5.82 Å². The molecular weight excluding hydrogens is 198 g/mol. The third-order valence-corrected chi connectivity index (χ3v) is 2.70. The zero-order valence-corrected chi connectivity index (χ0v) is 9.75. The van der Waals surface area contributed by atoms with Crippen LogP contribution in [0.25, 0.3) is 11.3 Å². The first kappa shape index (κ1) is 10.9. The SMILES string of the molecule is CCc1nc(-c2cccc(CN)c2)c(C)[nH]1. The van der Waals surface area contributed by atoms with E-state index in [-0.39, 0.29) is 0 Å². The van der Waals surface area contributed by atoms with Crippen molar-refractivity contribution in [2.45, 2.75) is 26.8 Å². The molecule has 0 radical (unpaired) electrons. The summed E-state index contributed by atoms with van der Waals surface area (Å²) < 4.78 is 0. The monoisotopic (exact) mass is 215 g/mol. The highest BCUT2D eigenvalue weighted by Gasteiger charge is 2.07.